The summed E-state index contributed by atoms with van der Waals surface area (Å²) in [4.78, 5) is 4.80. The topological polar surface area (TPSA) is 62.2 Å². The van der Waals surface area contributed by atoms with Gasteiger partial charge < -0.3 is 11.1 Å². The zero-order chi connectivity index (χ0) is 24.0. The van der Waals surface area contributed by atoms with Crippen LogP contribution in [0.4, 0.5) is 5.69 Å². The fourth-order valence-electron chi connectivity index (χ4n) is 4.02. The molecule has 0 atom stereocenters. The first-order chi connectivity index (χ1) is 17.2. The van der Waals surface area contributed by atoms with Crippen LogP contribution in [0.1, 0.15) is 11.1 Å². The molecule has 1 aliphatic rings. The summed E-state index contributed by atoms with van der Waals surface area (Å²) >= 11 is 0. The quantitative estimate of drug-likeness (QED) is 0.238. The van der Waals surface area contributed by atoms with Crippen LogP contribution in [0.15, 0.2) is 138 Å². The van der Waals surface area contributed by atoms with Gasteiger partial charge in [-0.2, -0.15) is 0 Å². The molecule has 5 rings (SSSR count). The summed E-state index contributed by atoms with van der Waals surface area (Å²) in [5, 5.41) is 8.42. The van der Waals surface area contributed by atoms with Crippen LogP contribution in [-0.2, 0) is 0 Å². The van der Waals surface area contributed by atoms with E-state index in [1.165, 1.54) is 11.1 Å². The van der Waals surface area contributed by atoms with Crippen molar-refractivity contribution in [2.75, 3.05) is 5.73 Å². The highest BCUT2D eigenvalue weighted by atomic mass is 14.7. The Morgan fingerprint density at radius 3 is 1.77 bits per heavy atom. The maximum atomic E-state index is 8.42. The first kappa shape index (κ1) is 22.1. The number of nitrogens with zero attached hydrogens (tertiary/aromatic N) is 1. The van der Waals surface area contributed by atoms with Gasteiger partial charge in [-0.1, -0.05) is 109 Å². The minimum Gasteiger partial charge on any atom is -0.399 e. The molecule has 0 saturated carbocycles. The normalized spacial score (nSPS) is 14.5. The molecule has 0 heterocycles. The van der Waals surface area contributed by atoms with Gasteiger partial charge in [-0.25, -0.2) is 0 Å². The predicted molar refractivity (Wildman–Crippen MR) is 149 cm³/mol. The van der Waals surface area contributed by atoms with Crippen LogP contribution in [0, 0.1) is 5.41 Å². The van der Waals surface area contributed by atoms with Crippen molar-refractivity contribution in [3.63, 3.8) is 0 Å². The highest BCUT2D eigenvalue weighted by molar-refractivity contribution is 6.14. The van der Waals surface area contributed by atoms with Gasteiger partial charge in [0.25, 0.3) is 0 Å². The molecule has 0 fully saturated rings. The highest BCUT2D eigenvalue weighted by Crippen LogP contribution is 2.29. The summed E-state index contributed by atoms with van der Waals surface area (Å²) in [6, 6.07) is 35.0. The summed E-state index contributed by atoms with van der Waals surface area (Å²) in [6.45, 7) is 0. The molecular formula is C32H25N3. The molecule has 4 aromatic carbocycles. The Morgan fingerprint density at radius 1 is 0.629 bits per heavy atom. The van der Waals surface area contributed by atoms with Crippen LogP contribution in [0.25, 0.3) is 28.0 Å². The molecule has 0 saturated heterocycles. The largest absolute Gasteiger partial charge is 0.399 e. The molecule has 3 nitrogen and oxygen atoms in total. The first-order valence-electron chi connectivity index (χ1n) is 11.5. The van der Waals surface area contributed by atoms with E-state index in [1.807, 2.05) is 54.8 Å². The van der Waals surface area contributed by atoms with Gasteiger partial charge in [0.1, 0.15) is 0 Å². The monoisotopic (exact) mass is 451 g/mol. The lowest BCUT2D eigenvalue weighted by molar-refractivity contribution is 1.44. The van der Waals surface area contributed by atoms with E-state index in [-0.39, 0.29) is 0 Å². The van der Waals surface area contributed by atoms with Crippen molar-refractivity contribution in [2.24, 2.45) is 4.99 Å². The lowest BCUT2D eigenvalue weighted by atomic mass is 9.96. The molecule has 3 N–H and O–H groups in total. The maximum Gasteiger partial charge on any atom is 0.0795 e. The third kappa shape index (κ3) is 5.10. The number of hydrogen-bond acceptors (Lipinski definition) is 3. The number of benzene rings is 4. The lowest BCUT2D eigenvalue weighted by Gasteiger charge is -2.12. The first-order valence-corrected chi connectivity index (χ1v) is 11.5. The van der Waals surface area contributed by atoms with E-state index in [4.69, 9.17) is 16.1 Å². The smallest absolute Gasteiger partial charge is 0.0795 e. The Hall–Kier alpha value is -4.76. The number of nitrogens with two attached hydrogens (primary N) is 1. The Kier molecular flexibility index (Phi) is 6.31. The van der Waals surface area contributed by atoms with Gasteiger partial charge in [-0.15, -0.1) is 0 Å². The second-order valence-corrected chi connectivity index (χ2v) is 8.34. The molecule has 0 amide bonds. The molecule has 0 aromatic heterocycles. The number of rotatable bonds is 5. The Bertz CT molecular complexity index is 1450. The zero-order valence-electron chi connectivity index (χ0n) is 19.2. The fraction of sp³-hybridized carbons (Fsp3) is 0. The fourth-order valence-corrected chi connectivity index (χ4v) is 4.02. The summed E-state index contributed by atoms with van der Waals surface area (Å²) in [6.07, 6.45) is 9.35. The maximum absolute atomic E-state index is 8.42. The minimum atomic E-state index is 0.442. The van der Waals surface area contributed by atoms with Crippen molar-refractivity contribution in [3.05, 3.63) is 144 Å². The number of anilines is 1. The van der Waals surface area contributed by atoms with E-state index in [0.29, 0.717) is 5.71 Å². The highest BCUT2D eigenvalue weighted by Gasteiger charge is 2.12. The van der Waals surface area contributed by atoms with Crippen molar-refractivity contribution in [1.29, 1.82) is 5.41 Å². The standard InChI is InChI=1S/C32H25N3/c33-29-20-10-23(11-21-29)22-35-32(30-8-4-5-9-31(30)34)28-18-16-27(17-19-28)26-14-12-25(13-15-26)24-6-2-1-3-7-24/h1-22,34H,33H2/b32-30-,34-31?,35-22+. The Labute approximate surface area is 205 Å². The molecule has 0 spiro atoms. The molecule has 0 radical (unpaired) electrons. The van der Waals surface area contributed by atoms with Crippen molar-refractivity contribution < 1.29 is 0 Å². The van der Waals surface area contributed by atoms with Crippen LogP contribution >= 0.6 is 0 Å². The average molecular weight is 452 g/mol. The van der Waals surface area contributed by atoms with Gasteiger partial charge in [0, 0.05) is 23.0 Å². The van der Waals surface area contributed by atoms with E-state index in [1.54, 1.807) is 6.08 Å². The number of aliphatic imine (C=N–C) groups is 1. The third-order valence-corrected chi connectivity index (χ3v) is 5.95. The summed E-state index contributed by atoms with van der Waals surface area (Å²) in [5.41, 5.74) is 15.1. The molecule has 3 heteroatoms. The molecule has 35 heavy (non-hydrogen) atoms. The molecule has 4 aromatic rings. The van der Waals surface area contributed by atoms with Gasteiger partial charge in [-0.05, 0) is 46.0 Å². The second-order valence-electron chi connectivity index (χ2n) is 8.34. The SMILES string of the molecule is N=C1C=CC=C/C1=C(/N=C/c1ccc(N)cc1)c1ccc(-c2ccc(-c3ccccc3)cc2)cc1. The van der Waals surface area contributed by atoms with E-state index in [9.17, 15) is 0 Å². The Morgan fingerprint density at radius 2 is 1.17 bits per heavy atom. The molecule has 168 valence electrons. The Balaban J connectivity index is 1.46. The summed E-state index contributed by atoms with van der Waals surface area (Å²) < 4.78 is 0. The third-order valence-electron chi connectivity index (χ3n) is 5.95. The molecular weight excluding hydrogens is 426 g/mol. The van der Waals surface area contributed by atoms with Crippen LogP contribution in [-0.4, -0.2) is 11.9 Å². The zero-order valence-corrected chi connectivity index (χ0v) is 19.2. The predicted octanol–water partition coefficient (Wildman–Crippen LogP) is 7.58. The second kappa shape index (κ2) is 10.0. The molecule has 0 aliphatic heterocycles. The number of nitrogen functional groups attached to an aromatic ring is 1. The van der Waals surface area contributed by atoms with Crippen molar-refractivity contribution in [2.45, 2.75) is 0 Å². The minimum absolute atomic E-state index is 0.442. The van der Waals surface area contributed by atoms with Crippen molar-refractivity contribution in [3.8, 4) is 22.3 Å². The van der Waals surface area contributed by atoms with Gasteiger partial charge in [0.2, 0.25) is 0 Å². The van der Waals surface area contributed by atoms with Gasteiger partial charge in [-0.3, -0.25) is 4.99 Å². The van der Waals surface area contributed by atoms with Crippen molar-refractivity contribution in [1.82, 2.24) is 0 Å². The van der Waals surface area contributed by atoms with Crippen LogP contribution in [0.2, 0.25) is 0 Å². The average Bonchev–Trinajstić information content (AvgIpc) is 2.92. The number of allylic oxidation sites excluding steroid dienone is 5. The molecule has 1 aliphatic carbocycles. The number of nitrogens with one attached hydrogen (secondary N) is 1. The van der Waals surface area contributed by atoms with Crippen LogP contribution in [0.3, 0.4) is 0 Å². The van der Waals surface area contributed by atoms with Crippen LogP contribution < -0.4 is 5.73 Å². The van der Waals surface area contributed by atoms with Gasteiger partial charge >= 0.3 is 0 Å². The molecule has 0 unspecified atom stereocenters. The van der Waals surface area contributed by atoms with Crippen molar-refractivity contribution >= 4 is 23.3 Å². The van der Waals surface area contributed by atoms with E-state index >= 15 is 0 Å². The van der Waals surface area contributed by atoms with E-state index < -0.39 is 0 Å². The van der Waals surface area contributed by atoms with Crippen LogP contribution in [0.5, 0.6) is 0 Å². The van der Waals surface area contributed by atoms with Gasteiger partial charge in [0.05, 0.1) is 11.4 Å². The lowest BCUT2D eigenvalue weighted by Crippen LogP contribution is -2.02. The summed E-state index contributed by atoms with van der Waals surface area (Å²) in [5.74, 6) is 0. The van der Waals surface area contributed by atoms with E-state index in [0.717, 1.165) is 39.2 Å². The number of hydrogen-bond donors (Lipinski definition) is 2. The van der Waals surface area contributed by atoms with E-state index in [2.05, 4.69) is 72.8 Å². The molecule has 0 bridgehead atoms. The summed E-state index contributed by atoms with van der Waals surface area (Å²) in [7, 11) is 0. The van der Waals surface area contributed by atoms with Gasteiger partial charge in [0.15, 0.2) is 0 Å².